The fraction of sp³-hybridized carbons (Fsp3) is 0.150. The van der Waals surface area contributed by atoms with E-state index >= 15 is 0 Å². The second kappa shape index (κ2) is 8.02. The van der Waals surface area contributed by atoms with Gasteiger partial charge in [0.1, 0.15) is 17.2 Å². The van der Waals surface area contributed by atoms with Gasteiger partial charge in [-0.3, -0.25) is 4.79 Å². The molecule has 124 valence electrons. The summed E-state index contributed by atoms with van der Waals surface area (Å²) in [4.78, 5) is 12.2. The minimum absolute atomic E-state index is 0.126. The number of hydrogen-bond donors (Lipinski definition) is 1. The molecule has 4 heteroatoms. The molecule has 0 fully saturated rings. The standard InChI is InChI=1S/C20H20O4/c1-4-5-15-12-16(20(24-3)13-19(15)23-2)8-11-18(22)14-6-9-17(21)10-7-14/h4,6-13,21H,1,5H2,2-3H3. The number of carbonyl (C=O) groups excluding carboxylic acids is 1. The third kappa shape index (κ3) is 4.04. The predicted octanol–water partition coefficient (Wildman–Crippen LogP) is 4.03. The first-order valence-corrected chi connectivity index (χ1v) is 7.46. The molecule has 24 heavy (non-hydrogen) atoms. The molecule has 4 nitrogen and oxygen atoms in total. The van der Waals surface area contributed by atoms with Gasteiger partial charge in [0, 0.05) is 17.2 Å². The van der Waals surface area contributed by atoms with E-state index in [4.69, 9.17) is 9.47 Å². The number of benzene rings is 2. The van der Waals surface area contributed by atoms with Gasteiger partial charge in [-0.25, -0.2) is 0 Å². The number of carbonyl (C=O) groups is 1. The molecule has 0 heterocycles. The van der Waals surface area contributed by atoms with Crippen molar-refractivity contribution in [2.45, 2.75) is 6.42 Å². The smallest absolute Gasteiger partial charge is 0.185 e. The molecular weight excluding hydrogens is 304 g/mol. The van der Waals surface area contributed by atoms with Gasteiger partial charge in [0.05, 0.1) is 14.2 Å². The van der Waals surface area contributed by atoms with E-state index in [1.54, 1.807) is 44.6 Å². The van der Waals surface area contributed by atoms with Crippen molar-refractivity contribution in [3.63, 3.8) is 0 Å². The molecule has 0 saturated heterocycles. The molecule has 0 unspecified atom stereocenters. The van der Waals surface area contributed by atoms with Crippen molar-refractivity contribution in [3.8, 4) is 17.2 Å². The van der Waals surface area contributed by atoms with Crippen molar-refractivity contribution in [2.75, 3.05) is 14.2 Å². The van der Waals surface area contributed by atoms with Gasteiger partial charge in [-0.2, -0.15) is 0 Å². The summed E-state index contributed by atoms with van der Waals surface area (Å²) in [6.07, 6.45) is 5.63. The van der Waals surface area contributed by atoms with Crippen molar-refractivity contribution in [1.82, 2.24) is 0 Å². The van der Waals surface area contributed by atoms with E-state index in [0.29, 0.717) is 23.5 Å². The summed E-state index contributed by atoms with van der Waals surface area (Å²) in [6, 6.07) is 9.84. The number of methoxy groups -OCH3 is 2. The summed E-state index contributed by atoms with van der Waals surface area (Å²) in [5, 5.41) is 9.28. The maximum atomic E-state index is 12.2. The summed E-state index contributed by atoms with van der Waals surface area (Å²) in [7, 11) is 3.17. The lowest BCUT2D eigenvalue weighted by molar-refractivity contribution is 0.104. The molecule has 0 aliphatic heterocycles. The molecule has 0 saturated carbocycles. The Morgan fingerprint density at radius 1 is 1.12 bits per heavy atom. The Hall–Kier alpha value is -3.01. The second-order valence-corrected chi connectivity index (χ2v) is 5.14. The highest BCUT2D eigenvalue weighted by atomic mass is 16.5. The van der Waals surface area contributed by atoms with Crippen LogP contribution in [0.25, 0.3) is 6.08 Å². The molecule has 0 aromatic heterocycles. The van der Waals surface area contributed by atoms with Gasteiger partial charge < -0.3 is 14.6 Å². The van der Waals surface area contributed by atoms with Crippen LogP contribution in [-0.4, -0.2) is 25.1 Å². The van der Waals surface area contributed by atoms with E-state index in [1.807, 2.05) is 6.07 Å². The third-order valence-electron chi connectivity index (χ3n) is 3.56. The summed E-state index contributed by atoms with van der Waals surface area (Å²) >= 11 is 0. The molecule has 0 aliphatic carbocycles. The summed E-state index contributed by atoms with van der Waals surface area (Å²) < 4.78 is 10.7. The normalized spacial score (nSPS) is 10.6. The maximum absolute atomic E-state index is 12.2. The number of aromatic hydroxyl groups is 1. The van der Waals surface area contributed by atoms with Gasteiger partial charge in [0.2, 0.25) is 0 Å². The van der Waals surface area contributed by atoms with Gasteiger partial charge in [0.25, 0.3) is 0 Å². The van der Waals surface area contributed by atoms with E-state index in [1.165, 1.54) is 18.2 Å². The molecule has 0 aliphatic rings. The monoisotopic (exact) mass is 324 g/mol. The Labute approximate surface area is 141 Å². The first-order chi connectivity index (χ1) is 11.6. The van der Waals surface area contributed by atoms with Crippen molar-refractivity contribution in [2.24, 2.45) is 0 Å². The van der Waals surface area contributed by atoms with Gasteiger partial charge in [0.15, 0.2) is 5.78 Å². The minimum Gasteiger partial charge on any atom is -0.508 e. The van der Waals surface area contributed by atoms with Crippen LogP contribution in [0.5, 0.6) is 17.2 Å². The highest BCUT2D eigenvalue weighted by molar-refractivity contribution is 6.07. The van der Waals surface area contributed by atoms with Crippen LogP contribution in [0.15, 0.2) is 55.1 Å². The third-order valence-corrected chi connectivity index (χ3v) is 3.56. The van der Waals surface area contributed by atoms with E-state index in [2.05, 4.69) is 6.58 Å². The molecule has 0 atom stereocenters. The molecule has 2 aromatic rings. The van der Waals surface area contributed by atoms with Crippen LogP contribution in [0.1, 0.15) is 21.5 Å². The highest BCUT2D eigenvalue weighted by Gasteiger charge is 2.09. The number of phenols is 1. The fourth-order valence-electron chi connectivity index (χ4n) is 2.32. The molecular formula is C20H20O4. The number of ketones is 1. The van der Waals surface area contributed by atoms with Crippen molar-refractivity contribution in [3.05, 3.63) is 71.8 Å². The maximum Gasteiger partial charge on any atom is 0.185 e. The van der Waals surface area contributed by atoms with Crippen molar-refractivity contribution < 1.29 is 19.4 Å². The van der Waals surface area contributed by atoms with E-state index in [-0.39, 0.29) is 11.5 Å². The molecule has 2 rings (SSSR count). The quantitative estimate of drug-likeness (QED) is 0.474. The summed E-state index contributed by atoms with van der Waals surface area (Å²) in [6.45, 7) is 3.75. The number of ether oxygens (including phenoxy) is 2. The predicted molar refractivity (Wildman–Crippen MR) is 94.9 cm³/mol. The van der Waals surface area contributed by atoms with Crippen LogP contribution < -0.4 is 9.47 Å². The fourth-order valence-corrected chi connectivity index (χ4v) is 2.32. The van der Waals surface area contributed by atoms with Crippen LogP contribution in [0, 0.1) is 0 Å². The Bertz CT molecular complexity index is 758. The first kappa shape index (κ1) is 17.3. The van der Waals surface area contributed by atoms with Gasteiger partial charge in [-0.1, -0.05) is 6.08 Å². The van der Waals surface area contributed by atoms with Gasteiger partial charge in [-0.15, -0.1) is 6.58 Å². The van der Waals surface area contributed by atoms with E-state index in [9.17, 15) is 9.90 Å². The van der Waals surface area contributed by atoms with Crippen LogP contribution in [0.3, 0.4) is 0 Å². The van der Waals surface area contributed by atoms with Gasteiger partial charge >= 0.3 is 0 Å². The van der Waals surface area contributed by atoms with Crippen LogP contribution >= 0.6 is 0 Å². The Kier molecular flexibility index (Phi) is 5.79. The Morgan fingerprint density at radius 2 is 1.79 bits per heavy atom. The molecule has 0 amide bonds. The zero-order chi connectivity index (χ0) is 17.5. The molecule has 2 aromatic carbocycles. The Morgan fingerprint density at radius 3 is 2.38 bits per heavy atom. The SMILES string of the molecule is C=CCc1cc(C=CC(=O)c2ccc(O)cc2)c(OC)cc1OC. The minimum atomic E-state index is -0.154. The zero-order valence-corrected chi connectivity index (χ0v) is 13.8. The number of hydrogen-bond acceptors (Lipinski definition) is 4. The molecule has 1 N–H and O–H groups in total. The zero-order valence-electron chi connectivity index (χ0n) is 13.8. The van der Waals surface area contributed by atoms with E-state index in [0.717, 1.165) is 11.1 Å². The van der Waals surface area contributed by atoms with Crippen molar-refractivity contribution in [1.29, 1.82) is 0 Å². The summed E-state index contributed by atoms with van der Waals surface area (Å²) in [5.41, 5.74) is 2.25. The first-order valence-electron chi connectivity index (χ1n) is 7.46. The molecule has 0 radical (unpaired) electrons. The van der Waals surface area contributed by atoms with E-state index < -0.39 is 0 Å². The number of rotatable bonds is 7. The van der Waals surface area contributed by atoms with Crippen molar-refractivity contribution >= 4 is 11.9 Å². The van der Waals surface area contributed by atoms with Crippen LogP contribution in [-0.2, 0) is 6.42 Å². The average Bonchev–Trinajstić information content (AvgIpc) is 2.60. The topological polar surface area (TPSA) is 55.8 Å². The largest absolute Gasteiger partial charge is 0.508 e. The average molecular weight is 324 g/mol. The van der Waals surface area contributed by atoms with Crippen LogP contribution in [0.2, 0.25) is 0 Å². The highest BCUT2D eigenvalue weighted by Crippen LogP contribution is 2.30. The van der Waals surface area contributed by atoms with Crippen LogP contribution in [0.4, 0.5) is 0 Å². The number of phenolic OH excluding ortho intramolecular Hbond substituents is 1. The lowest BCUT2D eigenvalue weighted by Crippen LogP contribution is -1.97. The lowest BCUT2D eigenvalue weighted by Gasteiger charge is -2.12. The summed E-state index contributed by atoms with van der Waals surface area (Å²) in [5.74, 6) is 1.31. The lowest BCUT2D eigenvalue weighted by atomic mass is 10.0. The Balaban J connectivity index is 2.33. The second-order valence-electron chi connectivity index (χ2n) is 5.14. The van der Waals surface area contributed by atoms with Gasteiger partial charge in [-0.05, 0) is 54.5 Å². The number of allylic oxidation sites excluding steroid dienone is 2. The molecule has 0 spiro atoms. The molecule has 0 bridgehead atoms.